The molecule has 0 aliphatic heterocycles. The highest BCUT2D eigenvalue weighted by atomic mass is 32.2. The van der Waals surface area contributed by atoms with Gasteiger partial charge in [-0.1, -0.05) is 13.0 Å². The highest BCUT2D eigenvalue weighted by Gasteiger charge is 2.17. The summed E-state index contributed by atoms with van der Waals surface area (Å²) in [5, 5.41) is 2.67. The maximum atomic E-state index is 12.7. The van der Waals surface area contributed by atoms with Gasteiger partial charge in [0.2, 0.25) is 0 Å². The first-order valence-corrected chi connectivity index (χ1v) is 13.2. The second kappa shape index (κ2) is 10.5. The van der Waals surface area contributed by atoms with Crippen LogP contribution in [0.25, 0.3) is 5.65 Å². The number of carbonyl (C=O) groups excluding carboxylic acids is 1. The van der Waals surface area contributed by atoms with Gasteiger partial charge >= 0.3 is 0 Å². The molecule has 4 rings (SSSR count). The van der Waals surface area contributed by atoms with Gasteiger partial charge in [0.25, 0.3) is 11.5 Å². The fourth-order valence-electron chi connectivity index (χ4n) is 3.53. The van der Waals surface area contributed by atoms with Crippen molar-refractivity contribution in [1.82, 2.24) is 9.56 Å². The zero-order valence-corrected chi connectivity index (χ0v) is 21.7. The van der Waals surface area contributed by atoms with E-state index in [0.717, 1.165) is 15.7 Å². The zero-order chi connectivity index (χ0) is 26.7. The highest BCUT2D eigenvalue weighted by molar-refractivity contribution is 7.91. The molecule has 1 amide bonds. The molecule has 0 saturated carbocycles. The Hall–Kier alpha value is -4.12. The van der Waals surface area contributed by atoms with Gasteiger partial charge in [0.05, 0.1) is 22.0 Å². The molecule has 2 heterocycles. The lowest BCUT2D eigenvalue weighted by Crippen LogP contribution is -2.21. The van der Waals surface area contributed by atoms with E-state index in [-0.39, 0.29) is 35.3 Å². The van der Waals surface area contributed by atoms with Crippen LogP contribution in [0.1, 0.15) is 29.5 Å². The van der Waals surface area contributed by atoms with Crippen molar-refractivity contribution in [3.63, 3.8) is 0 Å². The van der Waals surface area contributed by atoms with E-state index in [2.05, 4.69) is 10.3 Å². The lowest BCUT2D eigenvalue weighted by Gasteiger charge is -2.15. The summed E-state index contributed by atoms with van der Waals surface area (Å²) >= 11 is 0. The maximum absolute atomic E-state index is 12.7. The first-order chi connectivity index (χ1) is 17.6. The molecule has 1 N–H and O–H groups in total. The minimum absolute atomic E-state index is 0.0411. The summed E-state index contributed by atoms with van der Waals surface area (Å²) in [6.45, 7) is 6.77. The second-order valence-corrected chi connectivity index (χ2v) is 10.8. The first kappa shape index (κ1) is 26.0. The Bertz CT molecular complexity index is 1640. The standard InChI is InChI=1S/C26H27N3O7S/c1-5-37(32,33)21-8-9-23(35-14-19-12-26(31)29-24(27-19)11-18(4)36-29)22(13-21)28-25(30)15-34-20-7-6-16(2)17(3)10-20/h6-13H,5,14-15H2,1-4H3,(H,28,30). The van der Waals surface area contributed by atoms with E-state index in [1.807, 2.05) is 26.0 Å². The third-order valence-corrected chi connectivity index (χ3v) is 7.44. The van der Waals surface area contributed by atoms with E-state index in [4.69, 9.17) is 14.0 Å². The Kier molecular flexibility index (Phi) is 7.35. The van der Waals surface area contributed by atoms with Gasteiger partial charge in [-0.2, -0.15) is 0 Å². The number of hydrogen-bond acceptors (Lipinski definition) is 8. The van der Waals surface area contributed by atoms with Crippen LogP contribution < -0.4 is 20.3 Å². The molecule has 0 aliphatic rings. The summed E-state index contributed by atoms with van der Waals surface area (Å²) < 4.78 is 42.6. The Morgan fingerprint density at radius 1 is 1.03 bits per heavy atom. The predicted molar refractivity (Wildman–Crippen MR) is 137 cm³/mol. The van der Waals surface area contributed by atoms with Gasteiger partial charge in [-0.15, -0.1) is 4.57 Å². The summed E-state index contributed by atoms with van der Waals surface area (Å²) in [7, 11) is -3.54. The van der Waals surface area contributed by atoms with Crippen molar-refractivity contribution in [2.24, 2.45) is 0 Å². The first-order valence-electron chi connectivity index (χ1n) is 11.5. The van der Waals surface area contributed by atoms with E-state index in [0.29, 0.717) is 22.9 Å². The maximum Gasteiger partial charge on any atom is 0.287 e. The van der Waals surface area contributed by atoms with Crippen LogP contribution in [-0.4, -0.2) is 36.2 Å². The zero-order valence-electron chi connectivity index (χ0n) is 20.9. The Morgan fingerprint density at radius 3 is 2.54 bits per heavy atom. The molecule has 11 heteroatoms. The van der Waals surface area contributed by atoms with Crippen LogP contribution in [0.4, 0.5) is 5.69 Å². The highest BCUT2D eigenvalue weighted by Crippen LogP contribution is 2.29. The lowest BCUT2D eigenvalue weighted by atomic mass is 10.1. The SMILES string of the molecule is CCS(=O)(=O)c1ccc(OCc2cc(=O)n3oc(C)cc3n2)c(NC(=O)COc2ccc(C)c(C)c2)c1. The van der Waals surface area contributed by atoms with Crippen molar-refractivity contribution in [3.05, 3.63) is 81.5 Å². The van der Waals surface area contributed by atoms with Gasteiger partial charge in [-0.05, 0) is 62.2 Å². The Morgan fingerprint density at radius 2 is 1.81 bits per heavy atom. The molecule has 2 aromatic heterocycles. The predicted octanol–water partition coefficient (Wildman–Crippen LogP) is 3.60. The van der Waals surface area contributed by atoms with Crippen molar-refractivity contribution in [2.75, 3.05) is 17.7 Å². The molecule has 0 radical (unpaired) electrons. The molecule has 0 atom stereocenters. The molecule has 2 aromatic carbocycles. The molecule has 194 valence electrons. The van der Waals surface area contributed by atoms with Crippen LogP contribution in [0.2, 0.25) is 0 Å². The number of ether oxygens (including phenoxy) is 2. The number of nitrogens with zero attached hydrogens (tertiary/aromatic N) is 2. The van der Waals surface area contributed by atoms with Crippen molar-refractivity contribution >= 4 is 27.1 Å². The molecule has 0 bridgehead atoms. The number of amides is 1. The van der Waals surface area contributed by atoms with Gasteiger partial charge in [-0.3, -0.25) is 9.59 Å². The number of sulfone groups is 1. The number of benzene rings is 2. The van der Waals surface area contributed by atoms with Crippen LogP contribution in [-0.2, 0) is 21.2 Å². The summed E-state index contributed by atoms with van der Waals surface area (Å²) in [6.07, 6.45) is 0. The number of aryl methyl sites for hydroxylation is 3. The van der Waals surface area contributed by atoms with Crippen molar-refractivity contribution < 1.29 is 27.2 Å². The Balaban J connectivity index is 1.54. The number of hydrogen-bond donors (Lipinski definition) is 1. The van der Waals surface area contributed by atoms with Crippen molar-refractivity contribution in [3.8, 4) is 11.5 Å². The Labute approximate surface area is 213 Å². The van der Waals surface area contributed by atoms with Crippen LogP contribution >= 0.6 is 0 Å². The minimum Gasteiger partial charge on any atom is -0.485 e. The van der Waals surface area contributed by atoms with E-state index >= 15 is 0 Å². The minimum atomic E-state index is -3.54. The van der Waals surface area contributed by atoms with Gasteiger partial charge in [0.1, 0.15) is 23.9 Å². The fourth-order valence-corrected chi connectivity index (χ4v) is 4.44. The number of nitrogens with one attached hydrogen (secondary N) is 1. The molecule has 0 fully saturated rings. The third-order valence-electron chi connectivity index (χ3n) is 5.71. The fraction of sp³-hybridized carbons (Fsp3) is 0.269. The third kappa shape index (κ3) is 6.00. The number of fused-ring (bicyclic) bond motifs is 1. The molecule has 10 nitrogen and oxygen atoms in total. The van der Waals surface area contributed by atoms with Crippen molar-refractivity contribution in [1.29, 1.82) is 0 Å². The van der Waals surface area contributed by atoms with Crippen LogP contribution in [0.15, 0.2) is 62.7 Å². The summed E-state index contributed by atoms with van der Waals surface area (Å²) in [5.74, 6) is 0.678. The van der Waals surface area contributed by atoms with Gasteiger partial charge in [0, 0.05) is 12.1 Å². The average molecular weight is 526 g/mol. The van der Waals surface area contributed by atoms with Crippen molar-refractivity contribution in [2.45, 2.75) is 39.2 Å². The van der Waals surface area contributed by atoms with Crippen LogP contribution in [0.3, 0.4) is 0 Å². The summed E-state index contributed by atoms with van der Waals surface area (Å²) in [6, 6.07) is 12.6. The number of aromatic nitrogens is 2. The number of carbonyl (C=O) groups is 1. The summed E-state index contributed by atoms with van der Waals surface area (Å²) in [5.41, 5.74) is 2.56. The summed E-state index contributed by atoms with van der Waals surface area (Å²) in [4.78, 5) is 29.4. The molecule has 4 aromatic rings. The molecule has 0 unspecified atom stereocenters. The van der Waals surface area contributed by atoms with Gasteiger partial charge in [-0.25, -0.2) is 13.4 Å². The van der Waals surface area contributed by atoms with Gasteiger partial charge < -0.3 is 19.3 Å². The van der Waals surface area contributed by atoms with E-state index in [9.17, 15) is 18.0 Å². The monoisotopic (exact) mass is 525 g/mol. The lowest BCUT2D eigenvalue weighted by molar-refractivity contribution is -0.118. The largest absolute Gasteiger partial charge is 0.485 e. The average Bonchev–Trinajstić information content (AvgIpc) is 3.24. The molecule has 0 spiro atoms. The van der Waals surface area contributed by atoms with E-state index < -0.39 is 21.3 Å². The molecule has 37 heavy (non-hydrogen) atoms. The molecular formula is C26H27N3O7S. The van der Waals surface area contributed by atoms with E-state index in [1.165, 1.54) is 31.2 Å². The van der Waals surface area contributed by atoms with Gasteiger partial charge in [0.15, 0.2) is 22.1 Å². The molecular weight excluding hydrogens is 498 g/mol. The molecule has 0 saturated heterocycles. The number of rotatable bonds is 9. The van der Waals surface area contributed by atoms with Crippen LogP contribution in [0.5, 0.6) is 11.5 Å². The molecule has 0 aliphatic carbocycles. The normalized spacial score (nSPS) is 11.5. The van der Waals surface area contributed by atoms with E-state index in [1.54, 1.807) is 19.1 Å². The second-order valence-electron chi connectivity index (χ2n) is 8.52. The smallest absolute Gasteiger partial charge is 0.287 e. The number of anilines is 1. The van der Waals surface area contributed by atoms with Crippen LogP contribution in [0, 0.1) is 20.8 Å². The quantitative estimate of drug-likeness (QED) is 0.351. The topological polar surface area (TPSA) is 129 Å².